The van der Waals surface area contributed by atoms with E-state index in [1.165, 1.54) is 141 Å². The molecule has 0 aliphatic heterocycles. The van der Waals surface area contributed by atoms with Crippen molar-refractivity contribution in [2.45, 2.75) is 352 Å². The van der Waals surface area contributed by atoms with Crippen molar-refractivity contribution >= 4 is 16.6 Å². The predicted octanol–water partition coefficient (Wildman–Crippen LogP) is 24.2. The second-order valence-corrected chi connectivity index (χ2v) is 47.3. The fourth-order valence-corrected chi connectivity index (χ4v) is 30.9. The van der Waals surface area contributed by atoms with E-state index in [4.69, 9.17) is 8.85 Å². The fraction of sp³-hybridized carbons (Fsp3) is 0.833. The van der Waals surface area contributed by atoms with E-state index < -0.39 is 28.8 Å². The van der Waals surface area contributed by atoms with Crippen molar-refractivity contribution in [1.82, 2.24) is 0 Å². The van der Waals surface area contributed by atoms with Crippen molar-refractivity contribution in [2.24, 2.45) is 92.2 Å². The largest absolute Gasteiger partial charge is 0.414 e. The number of allylic oxidation sites excluding steroid dienone is 9. The van der Waals surface area contributed by atoms with Gasteiger partial charge in [0.2, 0.25) is 8.32 Å². The third-order valence-corrected chi connectivity index (χ3v) is 41.6. The van der Waals surface area contributed by atoms with Gasteiger partial charge in [0.1, 0.15) is 0 Å². The summed E-state index contributed by atoms with van der Waals surface area (Å²) in [6.45, 7) is 58.1. The Hall–Kier alpha value is -1.55. The molecule has 0 saturated heterocycles. The van der Waals surface area contributed by atoms with E-state index in [9.17, 15) is 10.2 Å². The van der Waals surface area contributed by atoms with Crippen molar-refractivity contribution < 1.29 is 19.1 Å². The molecule has 11 rings (SSSR count). The Morgan fingerprint density at radius 3 is 1.31 bits per heavy atom. The molecule has 0 spiro atoms. The first-order chi connectivity index (χ1) is 42.1. The lowest BCUT2D eigenvalue weighted by Crippen LogP contribution is -2.52. The van der Waals surface area contributed by atoms with Crippen LogP contribution in [0.3, 0.4) is 0 Å². The summed E-state index contributed by atoms with van der Waals surface area (Å²) < 4.78 is 14.2. The van der Waals surface area contributed by atoms with E-state index in [1.807, 2.05) is 11.1 Å². The van der Waals surface area contributed by atoms with E-state index in [1.54, 1.807) is 16.7 Å². The highest BCUT2D eigenvalue weighted by Crippen LogP contribution is 2.69. The molecule has 20 atom stereocenters. The molecule has 0 radical (unpaired) electrons. The van der Waals surface area contributed by atoms with Crippen molar-refractivity contribution in [2.75, 3.05) is 0 Å². The minimum atomic E-state index is -1.82. The molecule has 0 bridgehead atoms. The van der Waals surface area contributed by atoms with Crippen LogP contribution in [0.15, 0.2) is 82.0 Å². The van der Waals surface area contributed by atoms with Gasteiger partial charge >= 0.3 is 0 Å². The maximum absolute atomic E-state index is 10.0. The first-order valence-electron chi connectivity index (χ1n) is 38.7. The number of rotatable bonds is 14. The number of aliphatic hydroxyl groups is 2. The van der Waals surface area contributed by atoms with Crippen LogP contribution in [0.5, 0.6) is 0 Å². The van der Waals surface area contributed by atoms with Gasteiger partial charge in [0.15, 0.2) is 8.32 Å². The summed E-state index contributed by atoms with van der Waals surface area (Å²) in [6.07, 6.45) is 45.4. The highest BCUT2D eigenvalue weighted by Gasteiger charge is 2.60. The number of hydrogen-bond acceptors (Lipinski definition) is 4. The predicted molar refractivity (Wildman–Crippen MR) is 391 cm³/mol. The summed E-state index contributed by atoms with van der Waals surface area (Å²) in [4.78, 5) is 0. The lowest BCUT2D eigenvalue weighted by atomic mass is 9.50. The molecule has 0 aromatic heterocycles. The molecule has 11 aliphatic rings. The van der Waals surface area contributed by atoms with Gasteiger partial charge in [-0.3, -0.25) is 0 Å². The molecule has 9 saturated carbocycles. The average molecular weight is 1270 g/mol. The van der Waals surface area contributed by atoms with Gasteiger partial charge in [-0.25, -0.2) is 0 Å². The Morgan fingerprint density at radius 2 is 0.911 bits per heavy atom. The Bertz CT molecular complexity index is 2670. The summed E-state index contributed by atoms with van der Waals surface area (Å²) in [5.74, 6) is 9.24. The van der Waals surface area contributed by atoms with Crippen LogP contribution in [-0.4, -0.2) is 51.3 Å². The molecular formula is C84H142O4Si2. The lowest BCUT2D eigenvalue weighted by Gasteiger charge is -2.56. The van der Waals surface area contributed by atoms with E-state index >= 15 is 0 Å². The second-order valence-electron chi connectivity index (χ2n) is 37.1. The van der Waals surface area contributed by atoms with Crippen LogP contribution < -0.4 is 0 Å². The molecule has 9 fully saturated rings. The fourth-order valence-electron chi connectivity index (χ4n) is 23.9. The van der Waals surface area contributed by atoms with Gasteiger partial charge in [0.25, 0.3) is 0 Å². The summed E-state index contributed by atoms with van der Waals surface area (Å²) in [5.41, 5.74) is 14.8. The van der Waals surface area contributed by atoms with Crippen molar-refractivity contribution in [3.8, 4) is 0 Å². The number of fused-ring (bicyclic) bond motifs is 11. The molecule has 11 aliphatic carbocycles. The van der Waals surface area contributed by atoms with Gasteiger partial charge in [-0.15, -0.1) is 0 Å². The Balaban J connectivity index is 0.000000162. The zero-order valence-corrected chi connectivity index (χ0v) is 64.7. The first-order valence-corrected chi connectivity index (χ1v) is 43.8. The van der Waals surface area contributed by atoms with Crippen molar-refractivity contribution in [1.29, 1.82) is 0 Å². The maximum atomic E-state index is 10.0. The summed E-state index contributed by atoms with van der Waals surface area (Å²) >= 11 is 0. The van der Waals surface area contributed by atoms with Gasteiger partial charge in [-0.1, -0.05) is 234 Å². The summed E-state index contributed by atoms with van der Waals surface area (Å²) in [6, 6.07) is 0. The van der Waals surface area contributed by atoms with Gasteiger partial charge in [0.05, 0.1) is 12.2 Å². The van der Waals surface area contributed by atoms with Gasteiger partial charge in [-0.2, -0.15) is 0 Å². The SMILES string of the molecule is C=C1[C@H](O)CC(=C/C=C2\CCC[C@]3(C)[C@@H]([C@@H](C)CC)CC[C@@H]23)C[C@H]1O.CC[C@H](C)[C@H]1CC[C@H]2C3=CC=C4C[C@@H](O[Si](C(C)C)(C(C)C)C(C)C)CC[C@]4(C)[C@H]3CC[C@]12C.CC[C@H](C)[C@H]1CC[C@H]2C3=CC=C4C[C@@H](O[Si](C)(C)C(C)(C)C)CC[C@]4(C)[C@H]3CC[C@]12C. The van der Waals surface area contributed by atoms with E-state index in [-0.39, 0.29) is 0 Å². The first kappa shape index (κ1) is 72.7. The monoisotopic (exact) mass is 1270 g/mol. The Morgan fingerprint density at radius 1 is 0.511 bits per heavy atom. The van der Waals surface area contributed by atoms with Crippen LogP contribution >= 0.6 is 0 Å². The van der Waals surface area contributed by atoms with Crippen LogP contribution in [-0.2, 0) is 8.85 Å². The molecule has 0 amide bonds. The number of hydrogen-bond donors (Lipinski definition) is 2. The van der Waals surface area contributed by atoms with Gasteiger partial charge in [-0.05, 0) is 267 Å². The minimum absolute atomic E-state index is 0.296. The van der Waals surface area contributed by atoms with Crippen LogP contribution in [0.1, 0.15) is 293 Å². The zero-order valence-electron chi connectivity index (χ0n) is 62.7. The van der Waals surface area contributed by atoms with Crippen LogP contribution in [0.25, 0.3) is 0 Å². The van der Waals surface area contributed by atoms with Crippen molar-refractivity contribution in [3.63, 3.8) is 0 Å². The smallest absolute Gasteiger partial charge is 0.200 e. The summed E-state index contributed by atoms with van der Waals surface area (Å²) in [7, 11) is -3.52. The average Bonchev–Trinajstić information content (AvgIpc) is 1.31. The van der Waals surface area contributed by atoms with Crippen LogP contribution in [0.4, 0.5) is 0 Å². The summed E-state index contributed by atoms with van der Waals surface area (Å²) in [5, 5.41) is 20.4. The van der Waals surface area contributed by atoms with Crippen molar-refractivity contribution in [3.05, 3.63) is 82.0 Å². The molecule has 4 nitrogen and oxygen atoms in total. The van der Waals surface area contributed by atoms with E-state index in [2.05, 4.69) is 195 Å². The molecular weight excluding hydrogens is 1130 g/mol. The molecule has 0 aromatic rings. The maximum Gasteiger partial charge on any atom is 0.200 e. The molecule has 2 N–H and O–H groups in total. The zero-order chi connectivity index (χ0) is 66.1. The lowest BCUT2D eigenvalue weighted by molar-refractivity contribution is 0.0345. The highest BCUT2D eigenvalue weighted by atomic mass is 28.4. The van der Waals surface area contributed by atoms with Crippen LogP contribution in [0.2, 0.25) is 34.8 Å². The molecule has 0 unspecified atom stereocenters. The Kier molecular flexibility index (Phi) is 22.4. The van der Waals surface area contributed by atoms with Crippen LogP contribution in [0, 0.1) is 92.2 Å². The molecule has 0 aromatic carbocycles. The molecule has 0 heterocycles. The van der Waals surface area contributed by atoms with E-state index in [0.29, 0.717) is 79.4 Å². The number of aliphatic hydroxyl groups excluding tert-OH is 2. The standard InChI is InChI=1S/C32H56OSi.C29H50OSi.C23H36O2/c1-11-24(8)28-14-15-29-27-13-12-25-20-26(33-34(21(2)3,22(4)5)23(6)7)16-18-31(25,9)30(27)17-19-32(28,29)10;1-10-20(2)24-13-14-25-23-12-11-21-19-22(30-31(8,9)27(3,4)5)15-17-28(21,6)26(23)16-18-29(24,25)7;1-5-15(2)19-10-11-20-18(7-6-12-23(19,20)4)9-8-17-13-21(24)16(3)22(25)14-17/h12-13,21-24,26,28-30H,11,14-20H2,1-10H3;11-12,20,22,24-26H,10,13-19H2,1-9H3;8-9,15,19-22,24-25H,3,5-7,10-14H2,1-2,4H3/b;;18-9+/t24-,26-,28+,29-,30-,31-,32+;20-,22-,24+,25-,26-,28-,29+;15-,19+,20-,21+,22+,23+/m000/s1. The minimum Gasteiger partial charge on any atom is -0.414 e. The third kappa shape index (κ3) is 13.2. The third-order valence-electron chi connectivity index (χ3n) is 30.9. The van der Waals surface area contributed by atoms with Gasteiger partial charge < -0.3 is 19.1 Å². The highest BCUT2D eigenvalue weighted by molar-refractivity contribution is 6.77. The van der Waals surface area contributed by atoms with E-state index in [0.717, 1.165) is 70.7 Å². The normalized spacial score (nSPS) is 40.6. The Labute approximate surface area is 558 Å². The molecule has 510 valence electrons. The van der Waals surface area contributed by atoms with Gasteiger partial charge in [0, 0.05) is 12.2 Å². The quantitative estimate of drug-likeness (QED) is 0.134. The second kappa shape index (κ2) is 27.8. The molecule has 6 heteroatoms. The topological polar surface area (TPSA) is 58.9 Å². The molecule has 90 heavy (non-hydrogen) atoms.